The van der Waals surface area contributed by atoms with Gasteiger partial charge >= 0.3 is 12.0 Å². The highest BCUT2D eigenvalue weighted by molar-refractivity contribution is 5.92. The van der Waals surface area contributed by atoms with Crippen LogP contribution in [0.3, 0.4) is 0 Å². The number of rotatable bonds is 9. The van der Waals surface area contributed by atoms with Crippen LogP contribution < -0.4 is 10.6 Å². The molecule has 2 aromatic rings. The number of hydrogen-bond donors (Lipinski definition) is 2. The van der Waals surface area contributed by atoms with Gasteiger partial charge in [-0.15, -0.1) is 0 Å². The Morgan fingerprint density at radius 1 is 1.06 bits per heavy atom. The summed E-state index contributed by atoms with van der Waals surface area (Å²) in [6, 6.07) is 13.2. The molecule has 1 saturated heterocycles. The standard InChI is InChI=1S/C25H32FN3O3/c1-2-32-24(30)21-6-10-23(11-7-21)28-25(31)27-14-3-15-29-16-12-20(13-17-29)18-19-4-8-22(26)9-5-19/h4-11,20H,2-3,12-18H2,1H3,(H2,27,28,31). The molecule has 0 aliphatic carbocycles. The summed E-state index contributed by atoms with van der Waals surface area (Å²) in [5, 5.41) is 5.65. The molecule has 2 aromatic carbocycles. The summed E-state index contributed by atoms with van der Waals surface area (Å²) in [7, 11) is 0. The second-order valence-corrected chi connectivity index (χ2v) is 8.15. The number of carbonyl (C=O) groups excluding carboxylic acids is 2. The molecule has 2 amide bonds. The van der Waals surface area contributed by atoms with Gasteiger partial charge in [-0.1, -0.05) is 12.1 Å². The summed E-state index contributed by atoms with van der Waals surface area (Å²) < 4.78 is 18.0. The van der Waals surface area contributed by atoms with Gasteiger partial charge in [-0.05, 0) is 100 Å². The smallest absolute Gasteiger partial charge is 0.338 e. The van der Waals surface area contributed by atoms with Crippen LogP contribution in [0, 0.1) is 11.7 Å². The van der Waals surface area contributed by atoms with Gasteiger partial charge in [0, 0.05) is 12.2 Å². The second-order valence-electron chi connectivity index (χ2n) is 8.15. The maximum absolute atomic E-state index is 13.0. The average Bonchev–Trinajstić information content (AvgIpc) is 2.80. The number of amides is 2. The van der Waals surface area contributed by atoms with Crippen LogP contribution in [0.2, 0.25) is 0 Å². The van der Waals surface area contributed by atoms with Crippen LogP contribution in [-0.2, 0) is 11.2 Å². The van der Waals surface area contributed by atoms with Gasteiger partial charge in [0.05, 0.1) is 12.2 Å². The minimum atomic E-state index is -0.372. The predicted octanol–water partition coefficient (Wildman–Crippen LogP) is 4.47. The minimum Gasteiger partial charge on any atom is -0.462 e. The molecule has 0 bridgehead atoms. The van der Waals surface area contributed by atoms with E-state index in [9.17, 15) is 14.0 Å². The van der Waals surface area contributed by atoms with E-state index < -0.39 is 0 Å². The topological polar surface area (TPSA) is 70.7 Å². The Morgan fingerprint density at radius 2 is 1.75 bits per heavy atom. The van der Waals surface area contributed by atoms with Crippen molar-refractivity contribution in [2.24, 2.45) is 5.92 Å². The molecule has 3 rings (SSSR count). The van der Waals surface area contributed by atoms with E-state index in [0.29, 0.717) is 30.3 Å². The first kappa shape index (κ1) is 23.7. The van der Waals surface area contributed by atoms with Crippen molar-refractivity contribution in [2.75, 3.05) is 38.1 Å². The number of nitrogens with zero attached hydrogens (tertiary/aromatic N) is 1. The fourth-order valence-corrected chi connectivity index (χ4v) is 3.95. The summed E-state index contributed by atoms with van der Waals surface area (Å²) in [6.45, 7) is 5.77. The zero-order valence-corrected chi connectivity index (χ0v) is 18.6. The van der Waals surface area contributed by atoms with E-state index in [1.54, 1.807) is 31.2 Å². The number of hydrogen-bond acceptors (Lipinski definition) is 4. The molecule has 1 aliphatic rings. The highest BCUT2D eigenvalue weighted by Gasteiger charge is 2.19. The molecular weight excluding hydrogens is 409 g/mol. The predicted molar refractivity (Wildman–Crippen MR) is 123 cm³/mol. The lowest BCUT2D eigenvalue weighted by molar-refractivity contribution is 0.0526. The maximum atomic E-state index is 13.0. The molecule has 1 fully saturated rings. The quantitative estimate of drug-likeness (QED) is 0.445. The molecule has 6 nitrogen and oxygen atoms in total. The Hall–Kier alpha value is -2.93. The number of nitrogens with one attached hydrogen (secondary N) is 2. The summed E-state index contributed by atoms with van der Waals surface area (Å²) in [4.78, 5) is 26.2. The van der Waals surface area contributed by atoms with Gasteiger partial charge in [0.15, 0.2) is 0 Å². The Bertz CT molecular complexity index is 863. The molecule has 7 heteroatoms. The van der Waals surface area contributed by atoms with Gasteiger partial charge in [-0.2, -0.15) is 0 Å². The number of esters is 1. The third-order valence-corrected chi connectivity index (χ3v) is 5.74. The van der Waals surface area contributed by atoms with Crippen molar-refractivity contribution in [1.82, 2.24) is 10.2 Å². The van der Waals surface area contributed by atoms with Crippen LogP contribution >= 0.6 is 0 Å². The van der Waals surface area contributed by atoms with Gasteiger partial charge in [0.1, 0.15) is 5.82 Å². The average molecular weight is 442 g/mol. The third-order valence-electron chi connectivity index (χ3n) is 5.74. The molecule has 1 aliphatic heterocycles. The molecule has 2 N–H and O–H groups in total. The number of piperidine rings is 1. The largest absolute Gasteiger partial charge is 0.462 e. The van der Waals surface area contributed by atoms with Gasteiger partial charge in [0.25, 0.3) is 0 Å². The van der Waals surface area contributed by atoms with E-state index in [-0.39, 0.29) is 17.8 Å². The number of urea groups is 1. The molecule has 0 atom stereocenters. The SMILES string of the molecule is CCOC(=O)c1ccc(NC(=O)NCCCN2CCC(Cc3ccc(F)cc3)CC2)cc1. The Kier molecular flexibility index (Phi) is 9.04. The Morgan fingerprint density at radius 3 is 2.41 bits per heavy atom. The molecule has 1 heterocycles. The van der Waals surface area contributed by atoms with Gasteiger partial charge in [-0.3, -0.25) is 0 Å². The summed E-state index contributed by atoms with van der Waals surface area (Å²) in [5.74, 6) is 0.0941. The Labute approximate surface area is 189 Å². The highest BCUT2D eigenvalue weighted by atomic mass is 19.1. The van der Waals surface area contributed by atoms with Crippen molar-refractivity contribution in [2.45, 2.75) is 32.6 Å². The van der Waals surface area contributed by atoms with Crippen molar-refractivity contribution in [1.29, 1.82) is 0 Å². The number of halogens is 1. The monoisotopic (exact) mass is 441 g/mol. The number of benzene rings is 2. The van der Waals surface area contributed by atoms with Crippen LogP contribution in [0.5, 0.6) is 0 Å². The van der Waals surface area contributed by atoms with Crippen molar-refractivity contribution < 1.29 is 18.7 Å². The number of anilines is 1. The highest BCUT2D eigenvalue weighted by Crippen LogP contribution is 2.22. The summed E-state index contributed by atoms with van der Waals surface area (Å²) >= 11 is 0. The van der Waals surface area contributed by atoms with E-state index >= 15 is 0 Å². The first-order valence-corrected chi connectivity index (χ1v) is 11.3. The molecule has 0 saturated carbocycles. The molecule has 0 spiro atoms. The van der Waals surface area contributed by atoms with Crippen LogP contribution in [0.15, 0.2) is 48.5 Å². The van der Waals surface area contributed by atoms with Crippen LogP contribution in [0.1, 0.15) is 42.1 Å². The lowest BCUT2D eigenvalue weighted by atomic mass is 9.90. The molecule has 0 radical (unpaired) electrons. The second kappa shape index (κ2) is 12.2. The fraction of sp³-hybridized carbons (Fsp3) is 0.440. The fourth-order valence-electron chi connectivity index (χ4n) is 3.95. The molecule has 32 heavy (non-hydrogen) atoms. The third kappa shape index (κ3) is 7.64. The number of ether oxygens (including phenoxy) is 1. The first-order valence-electron chi connectivity index (χ1n) is 11.3. The summed E-state index contributed by atoms with van der Waals surface area (Å²) in [6.07, 6.45) is 4.19. The normalized spacial score (nSPS) is 14.7. The van der Waals surface area contributed by atoms with Crippen molar-refractivity contribution in [3.8, 4) is 0 Å². The van der Waals surface area contributed by atoms with E-state index in [0.717, 1.165) is 45.3 Å². The number of likely N-dealkylation sites (tertiary alicyclic amines) is 1. The summed E-state index contributed by atoms with van der Waals surface area (Å²) in [5.41, 5.74) is 2.29. The van der Waals surface area contributed by atoms with Crippen LogP contribution in [0.4, 0.5) is 14.9 Å². The molecule has 0 aromatic heterocycles. The molecule has 172 valence electrons. The Balaban J connectivity index is 1.28. The lowest BCUT2D eigenvalue weighted by Gasteiger charge is -2.32. The maximum Gasteiger partial charge on any atom is 0.338 e. The van der Waals surface area contributed by atoms with Gasteiger partial charge in [0.2, 0.25) is 0 Å². The minimum absolute atomic E-state index is 0.183. The van der Waals surface area contributed by atoms with Crippen molar-refractivity contribution in [3.05, 3.63) is 65.5 Å². The van der Waals surface area contributed by atoms with E-state index in [1.807, 2.05) is 12.1 Å². The first-order chi connectivity index (χ1) is 15.5. The van der Waals surface area contributed by atoms with Gasteiger partial charge < -0.3 is 20.3 Å². The van der Waals surface area contributed by atoms with Crippen molar-refractivity contribution in [3.63, 3.8) is 0 Å². The zero-order chi connectivity index (χ0) is 22.8. The zero-order valence-electron chi connectivity index (χ0n) is 18.6. The van der Waals surface area contributed by atoms with E-state index in [1.165, 1.54) is 17.7 Å². The number of carbonyl (C=O) groups is 2. The van der Waals surface area contributed by atoms with E-state index in [2.05, 4.69) is 15.5 Å². The lowest BCUT2D eigenvalue weighted by Crippen LogP contribution is -2.37. The van der Waals surface area contributed by atoms with Gasteiger partial charge in [-0.25, -0.2) is 14.0 Å². The van der Waals surface area contributed by atoms with Crippen LogP contribution in [-0.4, -0.2) is 49.7 Å². The molecular formula is C25H32FN3O3. The van der Waals surface area contributed by atoms with Crippen molar-refractivity contribution >= 4 is 17.7 Å². The van der Waals surface area contributed by atoms with Crippen LogP contribution in [0.25, 0.3) is 0 Å². The van der Waals surface area contributed by atoms with E-state index in [4.69, 9.17) is 4.74 Å². The molecule has 0 unspecified atom stereocenters.